The van der Waals surface area contributed by atoms with E-state index in [2.05, 4.69) is 28.9 Å². The Labute approximate surface area is 102 Å². The highest BCUT2D eigenvalue weighted by Gasteiger charge is 2.08. The number of rotatable bonds is 5. The minimum Gasteiger partial charge on any atom is -0.371 e. The second-order valence-corrected chi connectivity index (χ2v) is 3.72. The van der Waals surface area contributed by atoms with Crippen LogP contribution in [0.3, 0.4) is 0 Å². The van der Waals surface area contributed by atoms with E-state index in [1.807, 2.05) is 6.11 Å². The van der Waals surface area contributed by atoms with Gasteiger partial charge in [-0.2, -0.15) is 0 Å². The first-order valence-corrected chi connectivity index (χ1v) is 5.20. The molecule has 0 aliphatic rings. The number of ether oxygens (including phenoxy) is 1. The first-order chi connectivity index (χ1) is 7.65. The van der Waals surface area contributed by atoms with Gasteiger partial charge in [-0.15, -0.1) is 5.10 Å². The fourth-order valence-corrected chi connectivity index (χ4v) is 1.24. The SMILES string of the molecule is C.C#COC(=O)Cn1cc(CC(C)CC)nn1. The fourth-order valence-electron chi connectivity index (χ4n) is 1.24. The summed E-state index contributed by atoms with van der Waals surface area (Å²) < 4.78 is 5.79. The summed E-state index contributed by atoms with van der Waals surface area (Å²) in [6.07, 6.45) is 10.3. The Morgan fingerprint density at radius 2 is 2.41 bits per heavy atom. The van der Waals surface area contributed by atoms with Crippen LogP contribution in [0.15, 0.2) is 6.20 Å². The first-order valence-electron chi connectivity index (χ1n) is 5.20. The molecule has 5 heteroatoms. The Morgan fingerprint density at radius 3 is 3.00 bits per heavy atom. The molecule has 1 aromatic heterocycles. The maximum absolute atomic E-state index is 11.0. The number of terminal acetylenes is 1. The fraction of sp³-hybridized carbons (Fsp3) is 0.583. The van der Waals surface area contributed by atoms with Crippen LogP contribution in [-0.4, -0.2) is 21.0 Å². The van der Waals surface area contributed by atoms with Crippen molar-refractivity contribution in [3.8, 4) is 12.5 Å². The van der Waals surface area contributed by atoms with Crippen molar-refractivity contribution in [1.82, 2.24) is 15.0 Å². The Hall–Kier alpha value is -1.83. The van der Waals surface area contributed by atoms with Crippen molar-refractivity contribution < 1.29 is 9.53 Å². The third-order valence-electron chi connectivity index (χ3n) is 2.30. The van der Waals surface area contributed by atoms with Crippen LogP contribution < -0.4 is 0 Å². The maximum atomic E-state index is 11.0. The summed E-state index contributed by atoms with van der Waals surface area (Å²) in [5, 5.41) is 7.79. The summed E-state index contributed by atoms with van der Waals surface area (Å²) in [4.78, 5) is 11.0. The number of aromatic nitrogens is 3. The van der Waals surface area contributed by atoms with Crippen molar-refractivity contribution in [1.29, 1.82) is 0 Å². The van der Waals surface area contributed by atoms with Gasteiger partial charge in [0.2, 0.25) is 0 Å². The minimum absolute atomic E-state index is 0. The molecule has 0 aromatic carbocycles. The molecule has 1 aromatic rings. The van der Waals surface area contributed by atoms with Gasteiger partial charge in [0.25, 0.3) is 0 Å². The largest absolute Gasteiger partial charge is 0.371 e. The molecule has 1 heterocycles. The standard InChI is InChI=1S/C11H15N3O2.CH4/c1-4-9(3)6-10-7-14(13-12-10)8-11(15)16-5-2;/h2,7,9H,4,6,8H2,1,3H3;1H4. The van der Waals surface area contributed by atoms with E-state index >= 15 is 0 Å². The predicted octanol–water partition coefficient (Wildman–Crippen LogP) is 1.64. The van der Waals surface area contributed by atoms with Crippen molar-refractivity contribution in [3.05, 3.63) is 11.9 Å². The summed E-state index contributed by atoms with van der Waals surface area (Å²) in [6.45, 7) is 4.27. The summed E-state index contributed by atoms with van der Waals surface area (Å²) in [5.74, 6) is 0.0466. The van der Waals surface area contributed by atoms with Crippen LogP contribution in [0.25, 0.3) is 0 Å². The molecule has 1 atom stereocenters. The van der Waals surface area contributed by atoms with Gasteiger partial charge in [-0.25, -0.2) is 9.48 Å². The normalized spacial score (nSPS) is 11.1. The molecule has 0 amide bonds. The molecule has 1 rings (SSSR count). The number of nitrogens with zero attached hydrogens (tertiary/aromatic N) is 3. The van der Waals surface area contributed by atoms with E-state index in [0.717, 1.165) is 18.5 Å². The summed E-state index contributed by atoms with van der Waals surface area (Å²) in [6, 6.07) is 0. The molecule has 0 saturated carbocycles. The van der Waals surface area contributed by atoms with E-state index in [1.54, 1.807) is 6.20 Å². The Bertz CT molecular complexity index is 393. The molecule has 1 unspecified atom stereocenters. The Kier molecular flexibility index (Phi) is 6.64. The lowest BCUT2D eigenvalue weighted by Gasteiger charge is -2.03. The van der Waals surface area contributed by atoms with Gasteiger partial charge < -0.3 is 4.74 Å². The van der Waals surface area contributed by atoms with Crippen molar-refractivity contribution >= 4 is 5.97 Å². The van der Waals surface area contributed by atoms with E-state index in [-0.39, 0.29) is 14.0 Å². The van der Waals surface area contributed by atoms with E-state index in [9.17, 15) is 4.79 Å². The van der Waals surface area contributed by atoms with Gasteiger partial charge in [0, 0.05) is 6.20 Å². The zero-order chi connectivity index (χ0) is 12.0. The number of carbonyl (C=O) groups is 1. The van der Waals surface area contributed by atoms with Gasteiger partial charge in [0.05, 0.1) is 5.69 Å². The van der Waals surface area contributed by atoms with Gasteiger partial charge in [0.15, 0.2) is 0 Å². The third kappa shape index (κ3) is 5.16. The van der Waals surface area contributed by atoms with Crippen LogP contribution in [0.1, 0.15) is 33.4 Å². The van der Waals surface area contributed by atoms with Gasteiger partial charge >= 0.3 is 5.97 Å². The third-order valence-corrected chi connectivity index (χ3v) is 2.30. The zero-order valence-electron chi connectivity index (χ0n) is 9.51. The molecule has 17 heavy (non-hydrogen) atoms. The quantitative estimate of drug-likeness (QED) is 0.577. The van der Waals surface area contributed by atoms with Crippen LogP contribution in [-0.2, 0) is 22.5 Å². The summed E-state index contributed by atoms with van der Waals surface area (Å²) >= 11 is 0. The molecule has 0 spiro atoms. The van der Waals surface area contributed by atoms with E-state index in [0.29, 0.717) is 5.92 Å². The molecule has 0 N–H and O–H groups in total. The van der Waals surface area contributed by atoms with Crippen molar-refractivity contribution in [2.24, 2.45) is 5.92 Å². The Balaban J connectivity index is 0.00000256. The molecule has 0 aliphatic carbocycles. The maximum Gasteiger partial charge on any atom is 0.341 e. The van der Waals surface area contributed by atoms with E-state index < -0.39 is 5.97 Å². The van der Waals surface area contributed by atoms with Gasteiger partial charge in [-0.3, -0.25) is 0 Å². The topological polar surface area (TPSA) is 57.0 Å². The van der Waals surface area contributed by atoms with E-state index in [1.165, 1.54) is 4.68 Å². The van der Waals surface area contributed by atoms with Crippen LogP contribution in [0.4, 0.5) is 0 Å². The number of carbonyl (C=O) groups excluding carboxylic acids is 1. The molecule has 0 bridgehead atoms. The lowest BCUT2D eigenvalue weighted by Crippen LogP contribution is -2.11. The van der Waals surface area contributed by atoms with Gasteiger partial charge in [0.1, 0.15) is 12.7 Å². The minimum atomic E-state index is -0.512. The second kappa shape index (κ2) is 7.44. The van der Waals surface area contributed by atoms with Crippen LogP contribution in [0.5, 0.6) is 0 Å². The molecule has 0 aliphatic heterocycles. The zero-order valence-corrected chi connectivity index (χ0v) is 9.51. The highest BCUT2D eigenvalue weighted by molar-refractivity contribution is 5.70. The molecule has 0 fully saturated rings. The second-order valence-electron chi connectivity index (χ2n) is 3.72. The van der Waals surface area contributed by atoms with Gasteiger partial charge in [-0.05, 0) is 12.3 Å². The number of hydrogen-bond acceptors (Lipinski definition) is 4. The summed E-state index contributed by atoms with van der Waals surface area (Å²) in [7, 11) is 0. The predicted molar refractivity (Wildman–Crippen MR) is 64.8 cm³/mol. The van der Waals surface area contributed by atoms with Crippen molar-refractivity contribution in [3.63, 3.8) is 0 Å². The smallest absolute Gasteiger partial charge is 0.341 e. The number of hydrogen-bond donors (Lipinski definition) is 0. The molecule has 94 valence electrons. The van der Waals surface area contributed by atoms with E-state index in [4.69, 9.17) is 6.42 Å². The Morgan fingerprint density at radius 1 is 1.71 bits per heavy atom. The summed E-state index contributed by atoms with van der Waals surface area (Å²) in [5.41, 5.74) is 0.878. The molecular weight excluding hydrogens is 218 g/mol. The highest BCUT2D eigenvalue weighted by Crippen LogP contribution is 2.08. The molecule has 0 saturated heterocycles. The average molecular weight is 237 g/mol. The van der Waals surface area contributed by atoms with Crippen molar-refractivity contribution in [2.75, 3.05) is 0 Å². The van der Waals surface area contributed by atoms with Crippen LogP contribution in [0, 0.1) is 18.4 Å². The monoisotopic (exact) mass is 237 g/mol. The van der Waals surface area contributed by atoms with Crippen LogP contribution in [0.2, 0.25) is 0 Å². The molecular formula is C12H19N3O2. The molecule has 0 radical (unpaired) electrons. The van der Waals surface area contributed by atoms with Gasteiger partial charge in [-0.1, -0.05) is 39.3 Å². The first kappa shape index (κ1) is 15.2. The van der Waals surface area contributed by atoms with Crippen molar-refractivity contribution in [2.45, 2.75) is 40.7 Å². The number of esters is 1. The highest BCUT2D eigenvalue weighted by atomic mass is 16.5. The van der Waals surface area contributed by atoms with Crippen LogP contribution >= 0.6 is 0 Å². The average Bonchev–Trinajstić information content (AvgIpc) is 2.65. The lowest BCUT2D eigenvalue weighted by atomic mass is 10.0. The lowest BCUT2D eigenvalue weighted by molar-refractivity contribution is -0.137. The molecule has 5 nitrogen and oxygen atoms in total.